The van der Waals surface area contributed by atoms with Crippen molar-refractivity contribution < 1.29 is 8.97 Å². The van der Waals surface area contributed by atoms with E-state index in [-0.39, 0.29) is 0 Å². The van der Waals surface area contributed by atoms with Gasteiger partial charge in [-0.2, -0.15) is 0 Å². The monoisotopic (exact) mass is 531 g/mol. The lowest BCUT2D eigenvalue weighted by Gasteiger charge is -2.34. The van der Waals surface area contributed by atoms with E-state index in [0.717, 1.165) is 12.8 Å². The molecule has 2 heteroatoms. The Morgan fingerprint density at radius 1 is 0.368 bits per heavy atom. The summed E-state index contributed by atoms with van der Waals surface area (Å²) >= 11 is 0. The molecule has 2 rings (SSSR count). The molecule has 38 heavy (non-hydrogen) atoms. The Morgan fingerprint density at radius 3 is 0.974 bits per heavy atom. The molecule has 2 aliphatic heterocycles. The maximum atomic E-state index is 3.64. The van der Waals surface area contributed by atoms with Crippen molar-refractivity contribution >= 4 is 0 Å². The average Bonchev–Trinajstić information content (AvgIpc) is 3.59. The molecule has 0 bridgehead atoms. The lowest BCUT2D eigenvalue weighted by atomic mass is 10.1. The molecular weight excluding hydrogens is 460 g/mol. The summed E-state index contributed by atoms with van der Waals surface area (Å²) in [6, 6.07) is 0. The van der Waals surface area contributed by atoms with Crippen LogP contribution >= 0.6 is 0 Å². The highest BCUT2D eigenvalue weighted by molar-refractivity contribution is 4.98. The second-order valence-electron chi connectivity index (χ2n) is 13.4. The van der Waals surface area contributed by atoms with Crippen LogP contribution in [0.4, 0.5) is 0 Å². The third-order valence-electron chi connectivity index (χ3n) is 10.0. The SMILES string of the molecule is CCCCCCCCCCC[N+]1(CCC#CCC[N+]2(CCCCCCCCCCC)CCCC2)CCCC1. The van der Waals surface area contributed by atoms with Crippen molar-refractivity contribution in [1.29, 1.82) is 0 Å². The van der Waals surface area contributed by atoms with Crippen LogP contribution in [0, 0.1) is 11.8 Å². The highest BCUT2D eigenvalue weighted by Gasteiger charge is 2.31. The average molecular weight is 531 g/mol. The molecule has 0 aromatic heterocycles. The summed E-state index contributed by atoms with van der Waals surface area (Å²) in [5, 5.41) is 0. The van der Waals surface area contributed by atoms with Crippen LogP contribution in [0.5, 0.6) is 0 Å². The molecule has 0 amide bonds. The summed E-state index contributed by atoms with van der Waals surface area (Å²) in [7, 11) is 0. The van der Waals surface area contributed by atoms with Crippen molar-refractivity contribution in [3.63, 3.8) is 0 Å². The molecule has 0 spiro atoms. The van der Waals surface area contributed by atoms with Gasteiger partial charge in [0, 0.05) is 25.7 Å². The Morgan fingerprint density at radius 2 is 0.658 bits per heavy atom. The molecule has 222 valence electrons. The number of unbranched alkanes of at least 4 members (excludes halogenated alkanes) is 16. The van der Waals surface area contributed by atoms with E-state index in [1.807, 2.05) is 0 Å². The minimum Gasteiger partial charge on any atom is -0.323 e. The summed E-state index contributed by atoms with van der Waals surface area (Å²) in [4.78, 5) is 0. The Kier molecular flexibility index (Phi) is 19.7. The predicted molar refractivity (Wildman–Crippen MR) is 169 cm³/mol. The Balaban J connectivity index is 1.56. The molecule has 2 fully saturated rings. The number of quaternary nitrogens is 2. The molecule has 2 nitrogen and oxygen atoms in total. The van der Waals surface area contributed by atoms with Gasteiger partial charge in [0.15, 0.2) is 0 Å². The summed E-state index contributed by atoms with van der Waals surface area (Å²) in [5.41, 5.74) is 0. The first-order valence-electron chi connectivity index (χ1n) is 17.9. The topological polar surface area (TPSA) is 0 Å². The van der Waals surface area contributed by atoms with Crippen molar-refractivity contribution in [3.8, 4) is 11.8 Å². The quantitative estimate of drug-likeness (QED) is 0.0661. The fourth-order valence-electron chi connectivity index (χ4n) is 7.41. The first-order chi connectivity index (χ1) is 18.7. The second-order valence-corrected chi connectivity index (χ2v) is 13.4. The lowest BCUT2D eigenvalue weighted by molar-refractivity contribution is -0.916. The van der Waals surface area contributed by atoms with Gasteiger partial charge in [0.25, 0.3) is 0 Å². The molecule has 2 aliphatic rings. The van der Waals surface area contributed by atoms with E-state index in [4.69, 9.17) is 0 Å². The highest BCUT2D eigenvalue weighted by Crippen LogP contribution is 2.23. The zero-order valence-electron chi connectivity index (χ0n) is 26.5. The van der Waals surface area contributed by atoms with Crippen LogP contribution in [0.2, 0.25) is 0 Å². The van der Waals surface area contributed by atoms with Gasteiger partial charge in [-0.05, 0) is 25.7 Å². The number of hydrogen-bond donors (Lipinski definition) is 0. The van der Waals surface area contributed by atoms with Gasteiger partial charge in [0.2, 0.25) is 0 Å². The van der Waals surface area contributed by atoms with Gasteiger partial charge >= 0.3 is 0 Å². The Hall–Kier alpha value is -0.520. The van der Waals surface area contributed by atoms with Gasteiger partial charge in [0.1, 0.15) is 0 Å². The molecular formula is C36H70N2+2. The third-order valence-corrected chi connectivity index (χ3v) is 10.0. The zero-order chi connectivity index (χ0) is 27.0. The number of rotatable bonds is 24. The van der Waals surface area contributed by atoms with Crippen molar-refractivity contribution in [2.75, 3.05) is 52.4 Å². The standard InChI is InChI=1S/C36H70N2/c1-3-5-7-9-11-13-15-17-21-29-37(33-25-26-34-37)31-23-19-20-24-32-38(35-27-28-36-38)30-22-18-16-14-12-10-8-6-4-2/h3-18,21-36H2,1-2H3/q+2. The molecule has 0 aliphatic carbocycles. The number of hydrogen-bond acceptors (Lipinski definition) is 0. The third kappa shape index (κ3) is 15.3. The van der Waals surface area contributed by atoms with E-state index in [9.17, 15) is 0 Å². The molecule has 0 aromatic carbocycles. The normalized spacial score (nSPS) is 18.1. The van der Waals surface area contributed by atoms with Crippen molar-refractivity contribution in [2.24, 2.45) is 0 Å². The molecule has 0 atom stereocenters. The van der Waals surface area contributed by atoms with Gasteiger partial charge in [0.05, 0.1) is 65.2 Å². The van der Waals surface area contributed by atoms with Gasteiger partial charge in [-0.1, -0.05) is 116 Å². The minimum absolute atomic E-state index is 1.13. The molecule has 2 saturated heterocycles. The van der Waals surface area contributed by atoms with E-state index in [0.29, 0.717) is 0 Å². The Bertz CT molecular complexity index is 538. The molecule has 0 radical (unpaired) electrons. The highest BCUT2D eigenvalue weighted by atomic mass is 15.4. The molecule has 0 N–H and O–H groups in total. The van der Waals surface area contributed by atoms with Crippen LogP contribution in [0.15, 0.2) is 0 Å². The summed E-state index contributed by atoms with van der Waals surface area (Å²) in [5.74, 6) is 7.29. The zero-order valence-corrected chi connectivity index (χ0v) is 26.5. The number of nitrogens with zero attached hydrogens (tertiary/aromatic N) is 2. The first-order valence-corrected chi connectivity index (χ1v) is 17.9. The van der Waals surface area contributed by atoms with Crippen LogP contribution in [-0.2, 0) is 0 Å². The molecule has 0 unspecified atom stereocenters. The Labute approximate surface area is 240 Å². The first kappa shape index (κ1) is 33.7. The van der Waals surface area contributed by atoms with Crippen LogP contribution < -0.4 is 0 Å². The predicted octanol–water partition coefficient (Wildman–Crippen LogP) is 10.1. The second kappa shape index (κ2) is 22.2. The van der Waals surface area contributed by atoms with Crippen LogP contribution in [0.1, 0.15) is 168 Å². The smallest absolute Gasteiger partial charge is 0.0897 e. The number of likely N-dealkylation sites (tertiary alicyclic amines) is 2. The van der Waals surface area contributed by atoms with Gasteiger partial charge in [-0.15, -0.1) is 0 Å². The van der Waals surface area contributed by atoms with Crippen molar-refractivity contribution in [3.05, 3.63) is 0 Å². The van der Waals surface area contributed by atoms with E-state index >= 15 is 0 Å². The lowest BCUT2D eigenvalue weighted by Crippen LogP contribution is -2.46. The van der Waals surface area contributed by atoms with Gasteiger partial charge < -0.3 is 8.97 Å². The van der Waals surface area contributed by atoms with Crippen LogP contribution in [0.3, 0.4) is 0 Å². The van der Waals surface area contributed by atoms with Gasteiger partial charge in [-0.25, -0.2) is 0 Å². The molecule has 0 aromatic rings. The fourth-order valence-corrected chi connectivity index (χ4v) is 7.41. The van der Waals surface area contributed by atoms with Gasteiger partial charge in [-0.3, -0.25) is 0 Å². The maximum absolute atomic E-state index is 3.64. The minimum atomic E-state index is 1.13. The van der Waals surface area contributed by atoms with Crippen molar-refractivity contribution in [1.82, 2.24) is 0 Å². The maximum Gasteiger partial charge on any atom is 0.0897 e. The molecule has 2 heterocycles. The summed E-state index contributed by atoms with van der Waals surface area (Å²) < 4.78 is 2.79. The fraction of sp³-hybridized carbons (Fsp3) is 0.944. The van der Waals surface area contributed by atoms with Crippen molar-refractivity contribution in [2.45, 2.75) is 168 Å². The van der Waals surface area contributed by atoms with E-state index in [1.54, 1.807) is 0 Å². The van der Waals surface area contributed by atoms with Crippen LogP contribution in [-0.4, -0.2) is 61.3 Å². The van der Waals surface area contributed by atoms with E-state index < -0.39 is 0 Å². The molecule has 0 saturated carbocycles. The summed E-state index contributed by atoms with van der Waals surface area (Å²) in [6.07, 6.45) is 34.1. The van der Waals surface area contributed by atoms with E-state index in [1.165, 1.54) is 203 Å². The van der Waals surface area contributed by atoms with Crippen LogP contribution in [0.25, 0.3) is 0 Å². The largest absolute Gasteiger partial charge is 0.323 e. The van der Waals surface area contributed by atoms with E-state index in [2.05, 4.69) is 25.7 Å². The summed E-state index contributed by atoms with van der Waals surface area (Å²) in [6.45, 7) is 15.8.